The Labute approximate surface area is 126 Å². The van der Waals surface area contributed by atoms with Crippen LogP contribution in [0.4, 0.5) is 0 Å². The summed E-state index contributed by atoms with van der Waals surface area (Å²) in [5.74, 6) is 3.02. The lowest BCUT2D eigenvalue weighted by molar-refractivity contribution is 0.170. The molecule has 0 fully saturated rings. The van der Waals surface area contributed by atoms with Crippen molar-refractivity contribution in [2.75, 3.05) is 33.7 Å². The Morgan fingerprint density at radius 2 is 1.95 bits per heavy atom. The average molecular weight is 295 g/mol. The van der Waals surface area contributed by atoms with Crippen LogP contribution < -0.4 is 19.5 Å². The van der Waals surface area contributed by atoms with Crippen LogP contribution in [-0.4, -0.2) is 33.7 Å². The Balaban J connectivity index is 2.00. The average Bonchev–Trinajstić information content (AvgIpc) is 2.90. The number of methoxy groups -OCH3 is 1. The smallest absolute Gasteiger partial charge is 0.231 e. The van der Waals surface area contributed by atoms with Gasteiger partial charge in [-0.15, -0.1) is 0 Å². The van der Waals surface area contributed by atoms with Crippen LogP contribution in [0.3, 0.4) is 0 Å². The third kappa shape index (κ3) is 4.79. The van der Waals surface area contributed by atoms with Crippen LogP contribution in [0.5, 0.6) is 17.2 Å². The molecule has 0 atom stereocenters. The minimum Gasteiger partial charge on any atom is -0.493 e. The Bertz CT molecular complexity index is 448. The van der Waals surface area contributed by atoms with Gasteiger partial charge in [0.05, 0.1) is 6.61 Å². The normalized spacial score (nSPS) is 13.0. The van der Waals surface area contributed by atoms with Crippen molar-refractivity contribution in [1.82, 2.24) is 5.32 Å². The van der Waals surface area contributed by atoms with Gasteiger partial charge in [-0.05, 0) is 18.5 Å². The number of hydrogen-bond acceptors (Lipinski definition) is 5. The van der Waals surface area contributed by atoms with E-state index in [0.29, 0.717) is 19.1 Å². The number of ether oxygens (including phenoxy) is 4. The molecule has 0 saturated carbocycles. The van der Waals surface area contributed by atoms with Gasteiger partial charge in [0.15, 0.2) is 11.5 Å². The lowest BCUT2D eigenvalue weighted by atomic mass is 10.1. The highest BCUT2D eigenvalue weighted by Gasteiger charge is 2.18. The molecule has 1 N–H and O–H groups in total. The first kappa shape index (κ1) is 15.9. The van der Waals surface area contributed by atoms with Crippen LogP contribution in [-0.2, 0) is 11.3 Å². The molecule has 0 bridgehead atoms. The molecule has 0 aromatic heterocycles. The summed E-state index contributed by atoms with van der Waals surface area (Å²) in [6, 6.07) is 3.92. The van der Waals surface area contributed by atoms with E-state index in [4.69, 9.17) is 18.9 Å². The van der Waals surface area contributed by atoms with Crippen molar-refractivity contribution in [1.29, 1.82) is 0 Å². The van der Waals surface area contributed by atoms with E-state index in [1.165, 1.54) is 0 Å². The zero-order chi connectivity index (χ0) is 15.1. The first-order valence-corrected chi connectivity index (χ1v) is 7.45. The first-order chi connectivity index (χ1) is 10.2. The molecule has 0 amide bonds. The van der Waals surface area contributed by atoms with Crippen LogP contribution in [0.1, 0.15) is 25.8 Å². The van der Waals surface area contributed by atoms with E-state index in [1.807, 2.05) is 12.1 Å². The highest BCUT2D eigenvalue weighted by Crippen LogP contribution is 2.38. The minimum absolute atomic E-state index is 0.279. The monoisotopic (exact) mass is 295 g/mol. The molecule has 1 aliphatic heterocycles. The Kier molecular flexibility index (Phi) is 6.14. The SMILES string of the molecule is COCCCOc1cc2c(cc1CNCC(C)C)OCO2. The summed E-state index contributed by atoms with van der Waals surface area (Å²) in [5.41, 5.74) is 1.09. The number of benzene rings is 1. The molecule has 0 aliphatic carbocycles. The van der Waals surface area contributed by atoms with Crippen molar-refractivity contribution in [2.45, 2.75) is 26.8 Å². The van der Waals surface area contributed by atoms with E-state index >= 15 is 0 Å². The van der Waals surface area contributed by atoms with Gasteiger partial charge < -0.3 is 24.3 Å². The lowest BCUT2D eigenvalue weighted by Gasteiger charge is -2.14. The zero-order valence-corrected chi connectivity index (χ0v) is 13.1. The van der Waals surface area contributed by atoms with Gasteiger partial charge >= 0.3 is 0 Å². The highest BCUT2D eigenvalue weighted by molar-refractivity contribution is 5.51. The van der Waals surface area contributed by atoms with Crippen LogP contribution in [0.25, 0.3) is 0 Å². The molecular formula is C16H25NO4. The Morgan fingerprint density at radius 1 is 1.19 bits per heavy atom. The van der Waals surface area contributed by atoms with Gasteiger partial charge in [-0.25, -0.2) is 0 Å². The highest BCUT2D eigenvalue weighted by atomic mass is 16.7. The molecule has 0 spiro atoms. The molecule has 2 rings (SSSR count). The first-order valence-electron chi connectivity index (χ1n) is 7.45. The Hall–Kier alpha value is -1.46. The van der Waals surface area contributed by atoms with E-state index in [1.54, 1.807) is 7.11 Å². The molecule has 1 heterocycles. The number of fused-ring (bicyclic) bond motifs is 1. The van der Waals surface area contributed by atoms with Crippen molar-refractivity contribution in [2.24, 2.45) is 5.92 Å². The molecule has 5 nitrogen and oxygen atoms in total. The maximum absolute atomic E-state index is 5.87. The summed E-state index contributed by atoms with van der Waals surface area (Å²) < 4.78 is 21.8. The van der Waals surface area contributed by atoms with Crippen LogP contribution in [0.15, 0.2) is 12.1 Å². The van der Waals surface area contributed by atoms with Gasteiger partial charge in [-0.1, -0.05) is 13.8 Å². The summed E-state index contributed by atoms with van der Waals surface area (Å²) >= 11 is 0. The molecule has 0 unspecified atom stereocenters. The Morgan fingerprint density at radius 3 is 2.67 bits per heavy atom. The maximum atomic E-state index is 5.87. The van der Waals surface area contributed by atoms with Gasteiger partial charge in [0.2, 0.25) is 6.79 Å². The quantitative estimate of drug-likeness (QED) is 0.710. The molecule has 5 heteroatoms. The van der Waals surface area contributed by atoms with Crippen LogP contribution in [0, 0.1) is 5.92 Å². The molecule has 1 aliphatic rings. The molecule has 0 radical (unpaired) electrons. The van der Waals surface area contributed by atoms with Gasteiger partial charge in [0.25, 0.3) is 0 Å². The van der Waals surface area contributed by atoms with Crippen molar-refractivity contribution in [3.8, 4) is 17.2 Å². The second-order valence-corrected chi connectivity index (χ2v) is 5.53. The van der Waals surface area contributed by atoms with E-state index in [2.05, 4.69) is 19.2 Å². The number of rotatable bonds is 9. The number of hydrogen-bond donors (Lipinski definition) is 1. The summed E-state index contributed by atoms with van der Waals surface area (Å²) in [4.78, 5) is 0. The van der Waals surface area contributed by atoms with E-state index in [0.717, 1.165) is 42.3 Å². The van der Waals surface area contributed by atoms with Crippen LogP contribution >= 0.6 is 0 Å². The zero-order valence-electron chi connectivity index (χ0n) is 13.1. The summed E-state index contributed by atoms with van der Waals surface area (Å²) in [7, 11) is 1.70. The standard InChI is InChI=1S/C16H25NO4/c1-12(2)9-17-10-13-7-15-16(21-11-20-15)8-14(13)19-6-4-5-18-3/h7-8,12,17H,4-6,9-11H2,1-3H3. The van der Waals surface area contributed by atoms with Crippen molar-refractivity contribution in [3.63, 3.8) is 0 Å². The van der Waals surface area contributed by atoms with Gasteiger partial charge in [0, 0.05) is 38.3 Å². The summed E-state index contributed by atoms with van der Waals surface area (Å²) in [6.45, 7) is 7.72. The predicted octanol–water partition coefficient (Wildman–Crippen LogP) is 2.58. The summed E-state index contributed by atoms with van der Waals surface area (Å²) in [5, 5.41) is 3.43. The third-order valence-electron chi connectivity index (χ3n) is 3.17. The topological polar surface area (TPSA) is 49.0 Å². The van der Waals surface area contributed by atoms with E-state index in [-0.39, 0.29) is 6.79 Å². The molecule has 21 heavy (non-hydrogen) atoms. The third-order valence-corrected chi connectivity index (χ3v) is 3.17. The fraction of sp³-hybridized carbons (Fsp3) is 0.625. The van der Waals surface area contributed by atoms with Crippen molar-refractivity contribution < 1.29 is 18.9 Å². The predicted molar refractivity (Wildman–Crippen MR) is 81.1 cm³/mol. The molecular weight excluding hydrogens is 270 g/mol. The van der Waals surface area contributed by atoms with Gasteiger partial charge in [-0.2, -0.15) is 0 Å². The van der Waals surface area contributed by atoms with Crippen molar-refractivity contribution >= 4 is 0 Å². The number of nitrogens with one attached hydrogen (secondary N) is 1. The summed E-state index contributed by atoms with van der Waals surface area (Å²) in [6.07, 6.45) is 0.865. The van der Waals surface area contributed by atoms with E-state index < -0.39 is 0 Å². The maximum Gasteiger partial charge on any atom is 0.231 e. The van der Waals surface area contributed by atoms with Gasteiger partial charge in [0.1, 0.15) is 5.75 Å². The second kappa shape index (κ2) is 8.10. The van der Waals surface area contributed by atoms with E-state index in [9.17, 15) is 0 Å². The van der Waals surface area contributed by atoms with Crippen LogP contribution in [0.2, 0.25) is 0 Å². The molecule has 0 saturated heterocycles. The van der Waals surface area contributed by atoms with Crippen molar-refractivity contribution in [3.05, 3.63) is 17.7 Å². The lowest BCUT2D eigenvalue weighted by Crippen LogP contribution is -2.19. The molecule has 118 valence electrons. The fourth-order valence-corrected chi connectivity index (χ4v) is 2.12. The minimum atomic E-state index is 0.279. The molecule has 1 aromatic carbocycles. The second-order valence-electron chi connectivity index (χ2n) is 5.53. The largest absolute Gasteiger partial charge is 0.493 e. The van der Waals surface area contributed by atoms with Gasteiger partial charge in [-0.3, -0.25) is 0 Å². The molecule has 1 aromatic rings. The fourth-order valence-electron chi connectivity index (χ4n) is 2.12.